The van der Waals surface area contributed by atoms with Gasteiger partial charge in [-0.3, -0.25) is 14.6 Å². The first-order valence-corrected chi connectivity index (χ1v) is 9.66. The second-order valence-corrected chi connectivity index (χ2v) is 6.95. The van der Waals surface area contributed by atoms with E-state index in [1.54, 1.807) is 29.2 Å². The van der Waals surface area contributed by atoms with Gasteiger partial charge in [-0.2, -0.15) is 0 Å². The van der Waals surface area contributed by atoms with Gasteiger partial charge in [0.1, 0.15) is 17.6 Å². The quantitative estimate of drug-likeness (QED) is 0.711. The van der Waals surface area contributed by atoms with E-state index in [2.05, 4.69) is 20.5 Å². The van der Waals surface area contributed by atoms with Gasteiger partial charge in [0.25, 0.3) is 17.7 Å². The highest BCUT2D eigenvalue weighted by molar-refractivity contribution is 5.96. The number of hydrogen-bond donors (Lipinski definition) is 1. The first-order chi connectivity index (χ1) is 14.6. The lowest BCUT2D eigenvalue weighted by atomic mass is 10.0. The summed E-state index contributed by atoms with van der Waals surface area (Å²) in [5.74, 6) is -0.654. The summed E-state index contributed by atoms with van der Waals surface area (Å²) in [6.45, 7) is 0.526. The third kappa shape index (κ3) is 3.78. The highest BCUT2D eigenvalue weighted by atomic mass is 19.1. The molecule has 1 aliphatic heterocycles. The predicted octanol–water partition coefficient (Wildman–Crippen LogP) is 3.00. The molecule has 1 aliphatic rings. The van der Waals surface area contributed by atoms with Crippen molar-refractivity contribution in [3.63, 3.8) is 0 Å². The van der Waals surface area contributed by atoms with E-state index < -0.39 is 11.9 Å². The average molecular weight is 409 g/mol. The fourth-order valence-corrected chi connectivity index (χ4v) is 3.49. The lowest BCUT2D eigenvalue weighted by molar-refractivity contribution is 0.0571. The normalized spacial score (nSPS) is 16.3. The van der Waals surface area contributed by atoms with Crippen molar-refractivity contribution in [2.75, 3.05) is 13.6 Å². The van der Waals surface area contributed by atoms with Crippen molar-refractivity contribution in [1.82, 2.24) is 25.4 Å². The van der Waals surface area contributed by atoms with Crippen LogP contribution in [0.15, 0.2) is 47.0 Å². The van der Waals surface area contributed by atoms with E-state index in [0.29, 0.717) is 18.5 Å². The van der Waals surface area contributed by atoms with Crippen LogP contribution in [0.5, 0.6) is 0 Å². The molecule has 1 atom stereocenters. The van der Waals surface area contributed by atoms with Crippen LogP contribution >= 0.6 is 0 Å². The molecule has 3 heterocycles. The van der Waals surface area contributed by atoms with Crippen molar-refractivity contribution in [2.24, 2.45) is 0 Å². The van der Waals surface area contributed by atoms with Gasteiger partial charge in [0.15, 0.2) is 0 Å². The molecule has 0 radical (unpaired) electrons. The fourth-order valence-electron chi connectivity index (χ4n) is 3.49. The van der Waals surface area contributed by atoms with Gasteiger partial charge < -0.3 is 14.6 Å². The zero-order chi connectivity index (χ0) is 21.1. The summed E-state index contributed by atoms with van der Waals surface area (Å²) >= 11 is 0. The van der Waals surface area contributed by atoms with Crippen LogP contribution in [0, 0.1) is 5.82 Å². The summed E-state index contributed by atoms with van der Waals surface area (Å²) in [7, 11) is 1.52. The van der Waals surface area contributed by atoms with E-state index in [9.17, 15) is 14.0 Å². The van der Waals surface area contributed by atoms with E-state index in [-0.39, 0.29) is 34.9 Å². The van der Waals surface area contributed by atoms with Gasteiger partial charge >= 0.3 is 0 Å². The number of pyridine rings is 1. The number of halogens is 1. The number of piperidine rings is 1. The molecule has 1 fully saturated rings. The molecule has 4 rings (SSSR count). The molecule has 2 amide bonds. The van der Waals surface area contributed by atoms with Gasteiger partial charge in [0.2, 0.25) is 5.89 Å². The van der Waals surface area contributed by atoms with Crippen LogP contribution in [-0.2, 0) is 0 Å². The van der Waals surface area contributed by atoms with Crippen LogP contribution in [-0.4, -0.2) is 45.5 Å². The van der Waals surface area contributed by atoms with E-state index in [4.69, 9.17) is 4.42 Å². The van der Waals surface area contributed by atoms with Crippen LogP contribution in [0.25, 0.3) is 11.5 Å². The van der Waals surface area contributed by atoms with E-state index in [1.807, 2.05) is 0 Å². The summed E-state index contributed by atoms with van der Waals surface area (Å²) in [4.78, 5) is 30.5. The number of amides is 2. The molecule has 1 N–H and O–H groups in total. The Labute approximate surface area is 172 Å². The lowest BCUT2D eigenvalue weighted by Gasteiger charge is -2.33. The molecule has 2 aromatic heterocycles. The monoisotopic (exact) mass is 409 g/mol. The summed E-state index contributed by atoms with van der Waals surface area (Å²) in [6.07, 6.45) is 3.80. The van der Waals surface area contributed by atoms with Crippen molar-refractivity contribution < 1.29 is 18.4 Å². The molecular formula is C21H20FN5O3. The minimum absolute atomic E-state index is 0.0812. The van der Waals surface area contributed by atoms with Crippen LogP contribution in [0.3, 0.4) is 0 Å². The van der Waals surface area contributed by atoms with Crippen molar-refractivity contribution in [1.29, 1.82) is 0 Å². The Kier molecular flexibility index (Phi) is 5.51. The molecule has 1 aromatic carbocycles. The van der Waals surface area contributed by atoms with Crippen molar-refractivity contribution >= 4 is 11.8 Å². The van der Waals surface area contributed by atoms with E-state index in [1.165, 1.54) is 25.4 Å². The molecule has 0 unspecified atom stereocenters. The van der Waals surface area contributed by atoms with Gasteiger partial charge in [0, 0.05) is 19.8 Å². The molecule has 9 heteroatoms. The minimum Gasteiger partial charge on any atom is -0.418 e. The smallest absolute Gasteiger partial charge is 0.269 e. The standard InChI is InChI=1S/C21H20FN5O3/c1-23-18(28)16-10-9-13(12-24-16)21(29)27-11-5-4-8-17(27)20-26-25-19(30-20)14-6-2-3-7-15(14)22/h2-3,6-7,9-10,12,17H,4-5,8,11H2,1H3,(H,23,28)/t17-/m1/s1. The second kappa shape index (κ2) is 8.40. The van der Waals surface area contributed by atoms with Crippen LogP contribution in [0.2, 0.25) is 0 Å². The molecule has 0 saturated carbocycles. The van der Waals surface area contributed by atoms with E-state index in [0.717, 1.165) is 12.8 Å². The third-order valence-electron chi connectivity index (χ3n) is 5.06. The largest absolute Gasteiger partial charge is 0.418 e. The summed E-state index contributed by atoms with van der Waals surface area (Å²) < 4.78 is 19.8. The summed E-state index contributed by atoms with van der Waals surface area (Å²) in [5.41, 5.74) is 0.818. The maximum absolute atomic E-state index is 14.0. The highest BCUT2D eigenvalue weighted by Gasteiger charge is 2.33. The second-order valence-electron chi connectivity index (χ2n) is 6.95. The van der Waals surface area contributed by atoms with Crippen molar-refractivity contribution in [3.05, 3.63) is 65.6 Å². The fraction of sp³-hybridized carbons (Fsp3) is 0.286. The zero-order valence-corrected chi connectivity index (χ0v) is 16.3. The number of carbonyl (C=O) groups excluding carboxylic acids is 2. The summed E-state index contributed by atoms with van der Waals surface area (Å²) in [5, 5.41) is 10.6. The zero-order valence-electron chi connectivity index (χ0n) is 16.3. The number of nitrogens with one attached hydrogen (secondary N) is 1. The predicted molar refractivity (Wildman–Crippen MR) is 105 cm³/mol. The minimum atomic E-state index is -0.452. The number of likely N-dealkylation sites (tertiary alicyclic amines) is 1. The number of rotatable bonds is 4. The average Bonchev–Trinajstić information content (AvgIpc) is 3.28. The molecule has 1 saturated heterocycles. The number of carbonyl (C=O) groups is 2. The Morgan fingerprint density at radius 1 is 1.17 bits per heavy atom. The van der Waals surface area contributed by atoms with Gasteiger partial charge in [-0.25, -0.2) is 4.39 Å². The Bertz CT molecular complexity index is 1070. The van der Waals surface area contributed by atoms with Gasteiger partial charge in [-0.05, 0) is 43.5 Å². The first kappa shape index (κ1) is 19.7. The maximum Gasteiger partial charge on any atom is 0.269 e. The molecule has 0 spiro atoms. The molecule has 30 heavy (non-hydrogen) atoms. The van der Waals surface area contributed by atoms with E-state index >= 15 is 0 Å². The van der Waals surface area contributed by atoms with Crippen molar-refractivity contribution in [3.8, 4) is 11.5 Å². The van der Waals surface area contributed by atoms with Crippen molar-refractivity contribution in [2.45, 2.75) is 25.3 Å². The van der Waals surface area contributed by atoms with Gasteiger partial charge in [-0.1, -0.05) is 12.1 Å². The number of hydrogen-bond acceptors (Lipinski definition) is 6. The first-order valence-electron chi connectivity index (χ1n) is 9.66. The Hall–Kier alpha value is -3.62. The van der Waals surface area contributed by atoms with Crippen LogP contribution in [0.1, 0.15) is 52.0 Å². The molecule has 3 aromatic rings. The summed E-state index contributed by atoms with van der Waals surface area (Å²) in [6, 6.07) is 8.84. The molecule has 154 valence electrons. The highest BCUT2D eigenvalue weighted by Crippen LogP contribution is 2.33. The van der Waals surface area contributed by atoms with Crippen LogP contribution in [0.4, 0.5) is 4.39 Å². The topological polar surface area (TPSA) is 101 Å². The number of aromatic nitrogens is 3. The molecule has 0 aliphatic carbocycles. The Balaban J connectivity index is 1.58. The molecular weight excluding hydrogens is 389 g/mol. The SMILES string of the molecule is CNC(=O)c1ccc(C(=O)N2CCCC[C@@H]2c2nnc(-c3ccccc3F)o2)cn1. The molecule has 0 bridgehead atoms. The van der Waals surface area contributed by atoms with Crippen LogP contribution < -0.4 is 5.32 Å². The number of nitrogens with zero attached hydrogens (tertiary/aromatic N) is 4. The van der Waals surface area contributed by atoms with Gasteiger partial charge in [0.05, 0.1) is 11.1 Å². The maximum atomic E-state index is 14.0. The molecule has 8 nitrogen and oxygen atoms in total. The Morgan fingerprint density at radius 2 is 2.00 bits per heavy atom. The Morgan fingerprint density at radius 3 is 2.73 bits per heavy atom. The lowest BCUT2D eigenvalue weighted by Crippen LogP contribution is -2.38. The number of benzene rings is 1. The van der Waals surface area contributed by atoms with Gasteiger partial charge in [-0.15, -0.1) is 10.2 Å². The third-order valence-corrected chi connectivity index (χ3v) is 5.06.